The third-order valence-corrected chi connectivity index (χ3v) is 4.00. The molecular formula is C14H23ClN4. The average Bonchev–Trinajstić information content (AvgIpc) is 2.45. The first-order valence-electron chi connectivity index (χ1n) is 7.24. The van der Waals surface area contributed by atoms with Crippen LogP contribution in [0.15, 0.2) is 12.5 Å². The van der Waals surface area contributed by atoms with Gasteiger partial charge in [0.2, 0.25) is 0 Å². The second-order valence-electron chi connectivity index (χ2n) is 5.14. The van der Waals surface area contributed by atoms with Crippen LogP contribution in [0.4, 0.5) is 5.82 Å². The number of unbranched alkanes of at least 4 members (excludes halogenated alkanes) is 1. The quantitative estimate of drug-likeness (QED) is 0.870. The van der Waals surface area contributed by atoms with Crippen LogP contribution in [-0.2, 0) is 0 Å². The predicted molar refractivity (Wildman–Crippen MR) is 79.7 cm³/mol. The highest BCUT2D eigenvalue weighted by atomic mass is 35.5. The van der Waals surface area contributed by atoms with Crippen molar-refractivity contribution in [3.05, 3.63) is 17.5 Å². The van der Waals surface area contributed by atoms with E-state index in [0.717, 1.165) is 12.4 Å². The molecule has 0 bridgehead atoms. The summed E-state index contributed by atoms with van der Waals surface area (Å²) in [4.78, 5) is 10.7. The molecule has 2 rings (SSSR count). The molecule has 1 fully saturated rings. The molecule has 0 radical (unpaired) electrons. The minimum atomic E-state index is 0.596. The number of anilines is 1. The zero-order valence-electron chi connectivity index (χ0n) is 11.6. The molecule has 1 saturated heterocycles. The second kappa shape index (κ2) is 7.65. The van der Waals surface area contributed by atoms with Gasteiger partial charge in [-0.3, -0.25) is 4.90 Å². The van der Waals surface area contributed by atoms with E-state index in [-0.39, 0.29) is 0 Å². The fourth-order valence-electron chi connectivity index (χ4n) is 2.60. The van der Waals surface area contributed by atoms with Crippen molar-refractivity contribution < 1.29 is 0 Å². The molecule has 5 heteroatoms. The van der Waals surface area contributed by atoms with Gasteiger partial charge in [-0.25, -0.2) is 9.97 Å². The molecule has 1 aromatic heterocycles. The molecule has 1 aliphatic rings. The van der Waals surface area contributed by atoms with Gasteiger partial charge >= 0.3 is 0 Å². The molecule has 1 aliphatic heterocycles. The van der Waals surface area contributed by atoms with Gasteiger partial charge in [0.15, 0.2) is 0 Å². The summed E-state index contributed by atoms with van der Waals surface area (Å²) in [5, 5.41) is 3.96. The van der Waals surface area contributed by atoms with Crippen molar-refractivity contribution in [1.29, 1.82) is 0 Å². The van der Waals surface area contributed by atoms with Gasteiger partial charge in [-0.15, -0.1) is 0 Å². The summed E-state index contributed by atoms with van der Waals surface area (Å²) in [5.41, 5.74) is 0. The lowest BCUT2D eigenvalue weighted by Gasteiger charge is -2.36. The molecule has 1 N–H and O–H groups in total. The number of nitrogens with zero attached hydrogens (tertiary/aromatic N) is 3. The number of rotatable bonds is 6. The molecular weight excluding hydrogens is 260 g/mol. The monoisotopic (exact) mass is 282 g/mol. The number of halogens is 1. The van der Waals surface area contributed by atoms with Crippen LogP contribution in [0.5, 0.6) is 0 Å². The molecule has 106 valence electrons. The molecule has 0 spiro atoms. The highest BCUT2D eigenvalue weighted by molar-refractivity contribution is 6.32. The van der Waals surface area contributed by atoms with Gasteiger partial charge in [-0.2, -0.15) is 0 Å². The average molecular weight is 283 g/mol. The topological polar surface area (TPSA) is 41.0 Å². The molecule has 1 atom stereocenters. The van der Waals surface area contributed by atoms with Crippen molar-refractivity contribution in [3.8, 4) is 0 Å². The maximum absolute atomic E-state index is 6.06. The highest BCUT2D eigenvalue weighted by Gasteiger charge is 2.21. The summed E-state index contributed by atoms with van der Waals surface area (Å²) in [6, 6.07) is 0.603. The maximum Gasteiger partial charge on any atom is 0.148 e. The lowest BCUT2D eigenvalue weighted by molar-refractivity contribution is 0.154. The molecule has 1 unspecified atom stereocenters. The summed E-state index contributed by atoms with van der Waals surface area (Å²) in [7, 11) is 0. The molecule has 0 saturated carbocycles. The van der Waals surface area contributed by atoms with Crippen molar-refractivity contribution in [2.45, 2.75) is 45.1 Å². The van der Waals surface area contributed by atoms with Crippen molar-refractivity contribution in [3.63, 3.8) is 0 Å². The first-order valence-corrected chi connectivity index (χ1v) is 7.62. The lowest BCUT2D eigenvalue weighted by Crippen LogP contribution is -2.44. The van der Waals surface area contributed by atoms with Crippen molar-refractivity contribution >= 4 is 17.4 Å². The molecule has 2 heterocycles. The number of nitrogens with one attached hydrogen (secondary N) is 1. The Morgan fingerprint density at radius 1 is 1.47 bits per heavy atom. The first-order chi connectivity index (χ1) is 9.31. The van der Waals surface area contributed by atoms with Gasteiger partial charge in [-0.05, 0) is 32.4 Å². The zero-order valence-corrected chi connectivity index (χ0v) is 12.4. The lowest BCUT2D eigenvalue weighted by atomic mass is 10.0. The van der Waals surface area contributed by atoms with Gasteiger partial charge in [0, 0.05) is 12.6 Å². The molecule has 1 aromatic rings. The largest absolute Gasteiger partial charge is 0.367 e. The van der Waals surface area contributed by atoms with Crippen LogP contribution in [0.2, 0.25) is 5.02 Å². The van der Waals surface area contributed by atoms with E-state index < -0.39 is 0 Å². The first kappa shape index (κ1) is 14.5. The van der Waals surface area contributed by atoms with E-state index in [1.807, 2.05) is 0 Å². The molecule has 0 aliphatic carbocycles. The summed E-state index contributed by atoms with van der Waals surface area (Å²) in [6.45, 7) is 5.60. The van der Waals surface area contributed by atoms with Crippen LogP contribution < -0.4 is 5.32 Å². The summed E-state index contributed by atoms with van der Waals surface area (Å²) in [6.07, 6.45) is 9.62. The minimum absolute atomic E-state index is 0.596. The van der Waals surface area contributed by atoms with Crippen molar-refractivity contribution in [1.82, 2.24) is 14.9 Å². The smallest absolute Gasteiger partial charge is 0.148 e. The van der Waals surface area contributed by atoms with Crippen LogP contribution in [0, 0.1) is 0 Å². The predicted octanol–water partition coefficient (Wildman–Crippen LogP) is 3.20. The van der Waals surface area contributed by atoms with E-state index in [2.05, 4.69) is 27.1 Å². The Labute approximate surface area is 120 Å². The highest BCUT2D eigenvalue weighted by Crippen LogP contribution is 2.20. The van der Waals surface area contributed by atoms with E-state index in [9.17, 15) is 0 Å². The number of aromatic nitrogens is 2. The Balaban J connectivity index is 1.87. The molecule has 0 amide bonds. The van der Waals surface area contributed by atoms with E-state index in [0.29, 0.717) is 11.1 Å². The van der Waals surface area contributed by atoms with E-state index >= 15 is 0 Å². The Hall–Kier alpha value is -0.870. The molecule has 0 aromatic carbocycles. The van der Waals surface area contributed by atoms with E-state index in [4.69, 9.17) is 11.6 Å². The van der Waals surface area contributed by atoms with Crippen LogP contribution in [0.25, 0.3) is 0 Å². The minimum Gasteiger partial charge on any atom is -0.367 e. The summed E-state index contributed by atoms with van der Waals surface area (Å²) >= 11 is 6.06. The number of hydrogen-bond donors (Lipinski definition) is 1. The fourth-order valence-corrected chi connectivity index (χ4v) is 2.78. The van der Waals surface area contributed by atoms with E-state index in [1.165, 1.54) is 51.5 Å². The Morgan fingerprint density at radius 2 is 2.37 bits per heavy atom. The van der Waals surface area contributed by atoms with Crippen LogP contribution in [-0.4, -0.2) is 40.5 Å². The van der Waals surface area contributed by atoms with Gasteiger partial charge < -0.3 is 5.32 Å². The van der Waals surface area contributed by atoms with Gasteiger partial charge in [0.25, 0.3) is 0 Å². The SMILES string of the molecule is CCCCN1CCCCC1CNc1ncncc1Cl. The van der Waals surface area contributed by atoms with Crippen molar-refractivity contribution in [2.24, 2.45) is 0 Å². The second-order valence-corrected chi connectivity index (χ2v) is 5.55. The molecule has 4 nitrogen and oxygen atoms in total. The van der Waals surface area contributed by atoms with Crippen molar-refractivity contribution in [2.75, 3.05) is 25.0 Å². The summed E-state index contributed by atoms with van der Waals surface area (Å²) in [5.74, 6) is 0.748. The van der Waals surface area contributed by atoms with E-state index in [1.54, 1.807) is 6.20 Å². The maximum atomic E-state index is 6.06. The zero-order chi connectivity index (χ0) is 13.5. The van der Waals surface area contributed by atoms with Gasteiger partial charge in [-0.1, -0.05) is 31.4 Å². The molecule has 19 heavy (non-hydrogen) atoms. The Bertz CT molecular complexity index is 385. The van der Waals surface area contributed by atoms with Gasteiger partial charge in [0.1, 0.15) is 17.2 Å². The normalized spacial score (nSPS) is 20.4. The van der Waals surface area contributed by atoms with Crippen LogP contribution in [0.3, 0.4) is 0 Å². The third-order valence-electron chi connectivity index (χ3n) is 3.72. The summed E-state index contributed by atoms with van der Waals surface area (Å²) < 4.78 is 0. The number of likely N-dealkylation sites (tertiary alicyclic amines) is 1. The van der Waals surface area contributed by atoms with Crippen LogP contribution in [0.1, 0.15) is 39.0 Å². The fraction of sp³-hybridized carbons (Fsp3) is 0.714. The van der Waals surface area contributed by atoms with Gasteiger partial charge in [0.05, 0.1) is 6.20 Å². The number of hydrogen-bond acceptors (Lipinski definition) is 4. The number of piperidine rings is 1. The Morgan fingerprint density at radius 3 is 3.16 bits per heavy atom. The standard InChI is InChI=1S/C14H23ClN4/c1-2-3-7-19-8-5-4-6-12(19)9-17-14-13(15)10-16-11-18-14/h10-12H,2-9H2,1H3,(H,16,17,18). The third kappa shape index (κ3) is 4.32. The Kier molecular flexibility index (Phi) is 5.86. The van der Waals surface area contributed by atoms with Crippen LogP contribution >= 0.6 is 11.6 Å².